The third-order valence-electron chi connectivity index (χ3n) is 6.52. The van der Waals surface area contributed by atoms with Gasteiger partial charge in [0.2, 0.25) is 0 Å². The molecule has 1 saturated carbocycles. The second-order valence-corrected chi connectivity index (χ2v) is 10.2. The smallest absolute Gasteiger partial charge is 0.414 e. The number of aliphatic hydroxyl groups is 1. The molecule has 0 bridgehead atoms. The maximum Gasteiger partial charge on any atom is 0.414 e. The first-order valence-electron chi connectivity index (χ1n) is 12.1. The molecule has 1 amide bonds. The van der Waals surface area contributed by atoms with Gasteiger partial charge in [0.05, 0.1) is 29.4 Å². The Balaban J connectivity index is 1.25. The number of hydrogen-bond acceptors (Lipinski definition) is 9. The number of pyridine rings is 1. The lowest BCUT2D eigenvalue weighted by Gasteiger charge is -2.27. The van der Waals surface area contributed by atoms with E-state index in [2.05, 4.69) is 21.8 Å². The summed E-state index contributed by atoms with van der Waals surface area (Å²) in [6.07, 6.45) is 6.63. The van der Waals surface area contributed by atoms with Gasteiger partial charge in [0, 0.05) is 24.1 Å². The van der Waals surface area contributed by atoms with Crippen LogP contribution in [0.4, 0.5) is 27.2 Å². The van der Waals surface area contributed by atoms with Gasteiger partial charge in [-0.1, -0.05) is 11.3 Å². The van der Waals surface area contributed by atoms with Crippen molar-refractivity contribution in [3.05, 3.63) is 54.4 Å². The van der Waals surface area contributed by atoms with Crippen molar-refractivity contribution in [2.75, 3.05) is 28.7 Å². The largest absolute Gasteiger partial charge is 0.447 e. The van der Waals surface area contributed by atoms with E-state index in [0.29, 0.717) is 25.5 Å². The summed E-state index contributed by atoms with van der Waals surface area (Å²) in [6.45, 7) is 1.58. The second kappa shape index (κ2) is 9.75. The molecule has 6 rings (SSSR count). The van der Waals surface area contributed by atoms with Crippen LogP contribution in [0.25, 0.3) is 10.2 Å². The molecule has 0 spiro atoms. The highest BCUT2D eigenvalue weighted by atomic mass is 32.1. The van der Waals surface area contributed by atoms with Gasteiger partial charge in [0.1, 0.15) is 18.2 Å². The Kier molecular flexibility index (Phi) is 6.16. The first-order chi connectivity index (χ1) is 17.6. The van der Waals surface area contributed by atoms with Crippen LogP contribution >= 0.6 is 11.3 Å². The van der Waals surface area contributed by atoms with E-state index in [9.17, 15) is 9.90 Å². The summed E-state index contributed by atoms with van der Waals surface area (Å²) in [5.41, 5.74) is 2.72. The van der Waals surface area contributed by atoms with E-state index in [1.54, 1.807) is 11.1 Å². The van der Waals surface area contributed by atoms with Crippen LogP contribution in [0.3, 0.4) is 0 Å². The van der Waals surface area contributed by atoms with E-state index in [1.807, 2.05) is 41.2 Å². The number of rotatable bonds is 7. The molecule has 0 radical (unpaired) electrons. The molecule has 3 aromatic heterocycles. The summed E-state index contributed by atoms with van der Waals surface area (Å²) < 4.78 is 7.92. The average molecular weight is 506 g/mol. The number of benzene rings is 1. The predicted octanol–water partition coefficient (Wildman–Crippen LogP) is 4.35. The zero-order valence-electron chi connectivity index (χ0n) is 19.6. The third-order valence-corrected chi connectivity index (χ3v) is 7.45. The van der Waals surface area contributed by atoms with Crippen LogP contribution in [-0.4, -0.2) is 56.2 Å². The Morgan fingerprint density at radius 2 is 1.97 bits per heavy atom. The van der Waals surface area contributed by atoms with Crippen molar-refractivity contribution < 1.29 is 14.6 Å². The summed E-state index contributed by atoms with van der Waals surface area (Å²) in [5.74, 6) is 1.49. The zero-order valence-corrected chi connectivity index (χ0v) is 20.4. The molecule has 0 unspecified atom stereocenters. The van der Waals surface area contributed by atoms with Gasteiger partial charge < -0.3 is 20.5 Å². The van der Waals surface area contributed by atoms with Crippen LogP contribution in [0.1, 0.15) is 31.2 Å². The third kappa shape index (κ3) is 4.98. The number of anilines is 4. The molecule has 1 aliphatic carbocycles. The van der Waals surface area contributed by atoms with E-state index in [-0.39, 0.29) is 18.2 Å². The lowest BCUT2D eigenvalue weighted by Crippen LogP contribution is -2.28. The number of carbonyl (C=O) groups excluding carboxylic acids is 1. The van der Waals surface area contributed by atoms with Crippen LogP contribution < -0.4 is 15.5 Å². The van der Waals surface area contributed by atoms with Crippen molar-refractivity contribution in [1.82, 2.24) is 19.7 Å². The molecule has 10 nitrogen and oxygen atoms in total. The minimum atomic E-state index is -0.317. The molecule has 36 heavy (non-hydrogen) atoms. The Morgan fingerprint density at radius 3 is 2.75 bits per heavy atom. The number of fused-ring (bicyclic) bond motifs is 1. The van der Waals surface area contributed by atoms with Gasteiger partial charge in [-0.15, -0.1) is 0 Å². The Bertz CT molecular complexity index is 1370. The van der Waals surface area contributed by atoms with Crippen molar-refractivity contribution in [2.24, 2.45) is 0 Å². The zero-order chi connectivity index (χ0) is 24.5. The summed E-state index contributed by atoms with van der Waals surface area (Å²) in [6, 6.07) is 12.0. The monoisotopic (exact) mass is 505 g/mol. The maximum atomic E-state index is 11.9. The highest BCUT2D eigenvalue weighted by molar-refractivity contribution is 7.22. The second-order valence-electron chi connectivity index (χ2n) is 9.16. The molecule has 2 aliphatic rings. The minimum Gasteiger partial charge on any atom is -0.447 e. The standard InChI is InChI=1S/C25H27N7O3S/c33-19-5-2-17(3-6-19)27-22-12-16(15-31-9-1-8-26-31)13-23(29-22)30-24-28-20-7-4-18(14-21(20)36-24)32-10-11-35-25(32)34/h1,4,7-9,12-14,17,19,33H,2-3,5-6,10-11,15H2,(H2,27,28,29,30). The number of amides is 1. The number of hydrogen-bond donors (Lipinski definition) is 3. The molecule has 4 heterocycles. The summed E-state index contributed by atoms with van der Waals surface area (Å²) >= 11 is 1.51. The number of cyclic esters (lactones) is 1. The average Bonchev–Trinajstić information content (AvgIpc) is 3.61. The number of aromatic nitrogens is 4. The number of nitrogens with zero attached hydrogens (tertiary/aromatic N) is 5. The van der Waals surface area contributed by atoms with Crippen LogP contribution in [0, 0.1) is 0 Å². The van der Waals surface area contributed by atoms with Crippen LogP contribution in [0.15, 0.2) is 48.8 Å². The molecule has 3 N–H and O–H groups in total. The number of nitrogens with one attached hydrogen (secondary N) is 2. The van der Waals surface area contributed by atoms with Crippen LogP contribution in [-0.2, 0) is 11.3 Å². The summed E-state index contributed by atoms with van der Waals surface area (Å²) in [5, 5.41) is 21.8. The van der Waals surface area contributed by atoms with Gasteiger partial charge in [0.15, 0.2) is 5.13 Å². The molecule has 186 valence electrons. The SMILES string of the molecule is O=C1OCCN1c1ccc2nc(Nc3cc(Cn4cccn4)cc(NC4CCC(O)CC4)n3)sc2c1. The molecule has 1 saturated heterocycles. The summed E-state index contributed by atoms with van der Waals surface area (Å²) in [4.78, 5) is 23.1. The van der Waals surface area contributed by atoms with E-state index in [1.165, 1.54) is 11.3 Å². The van der Waals surface area contributed by atoms with E-state index in [4.69, 9.17) is 14.7 Å². The van der Waals surface area contributed by atoms with Crippen molar-refractivity contribution in [3.63, 3.8) is 0 Å². The Hall–Kier alpha value is -3.70. The molecule has 0 atom stereocenters. The number of carbonyl (C=O) groups is 1. The molecular formula is C25H27N7O3S. The highest BCUT2D eigenvalue weighted by Gasteiger charge is 2.24. The lowest BCUT2D eigenvalue weighted by molar-refractivity contribution is 0.126. The van der Waals surface area contributed by atoms with E-state index >= 15 is 0 Å². The molecule has 2 fully saturated rings. The summed E-state index contributed by atoms with van der Waals surface area (Å²) in [7, 11) is 0. The van der Waals surface area contributed by atoms with Crippen molar-refractivity contribution >= 4 is 50.1 Å². The van der Waals surface area contributed by atoms with Gasteiger partial charge in [-0.3, -0.25) is 9.58 Å². The van der Waals surface area contributed by atoms with Gasteiger partial charge in [-0.25, -0.2) is 14.8 Å². The Morgan fingerprint density at radius 1 is 1.11 bits per heavy atom. The van der Waals surface area contributed by atoms with Crippen molar-refractivity contribution in [3.8, 4) is 0 Å². The lowest BCUT2D eigenvalue weighted by atomic mass is 9.93. The normalized spacial score (nSPS) is 20.0. The van der Waals surface area contributed by atoms with Gasteiger partial charge in [-0.05, 0) is 67.6 Å². The minimum absolute atomic E-state index is 0.199. The predicted molar refractivity (Wildman–Crippen MR) is 139 cm³/mol. The first-order valence-corrected chi connectivity index (χ1v) is 13.0. The molecule has 1 aliphatic heterocycles. The maximum absolute atomic E-state index is 11.9. The fraction of sp³-hybridized carbons (Fsp3) is 0.360. The fourth-order valence-electron chi connectivity index (χ4n) is 4.70. The van der Waals surface area contributed by atoms with E-state index in [0.717, 1.165) is 58.1 Å². The molecule has 1 aromatic carbocycles. The van der Waals surface area contributed by atoms with Crippen LogP contribution in [0.2, 0.25) is 0 Å². The number of thiazole rings is 1. The topological polar surface area (TPSA) is 117 Å². The van der Waals surface area contributed by atoms with Gasteiger partial charge >= 0.3 is 6.09 Å². The van der Waals surface area contributed by atoms with Crippen molar-refractivity contribution in [1.29, 1.82) is 0 Å². The Labute approximate surface area is 211 Å². The molecular weight excluding hydrogens is 478 g/mol. The molecule has 4 aromatic rings. The number of aliphatic hydroxyl groups excluding tert-OH is 1. The first kappa shape index (κ1) is 22.7. The van der Waals surface area contributed by atoms with Crippen molar-refractivity contribution in [2.45, 2.75) is 44.4 Å². The van der Waals surface area contributed by atoms with Gasteiger partial charge in [-0.2, -0.15) is 5.10 Å². The quantitative estimate of drug-likeness (QED) is 0.339. The van der Waals surface area contributed by atoms with E-state index < -0.39 is 0 Å². The highest BCUT2D eigenvalue weighted by Crippen LogP contribution is 2.32. The van der Waals surface area contributed by atoms with Crippen LogP contribution in [0.5, 0.6) is 0 Å². The fourth-order valence-corrected chi connectivity index (χ4v) is 5.60. The number of ether oxygens (including phenoxy) is 1. The molecule has 11 heteroatoms. The van der Waals surface area contributed by atoms with Gasteiger partial charge in [0.25, 0.3) is 0 Å².